The molecule has 0 aliphatic heterocycles. The first kappa shape index (κ1) is 12.7. The lowest BCUT2D eigenvalue weighted by atomic mass is 10.3. The minimum absolute atomic E-state index is 0.789. The van der Waals surface area contributed by atoms with E-state index < -0.39 is 0 Å². The molecule has 18 heavy (non-hydrogen) atoms. The van der Waals surface area contributed by atoms with Gasteiger partial charge >= 0.3 is 0 Å². The maximum Gasteiger partial charge on any atom is 0.0827 e. The Hall–Kier alpha value is -1.78. The molecule has 2 heterocycles. The predicted molar refractivity (Wildman–Crippen MR) is 72.5 cm³/mol. The van der Waals surface area contributed by atoms with Crippen LogP contribution in [0.15, 0.2) is 12.4 Å². The average molecular weight is 247 g/mol. The number of hydrogen-bond donors (Lipinski definition) is 1. The standard InChI is InChI=1S/C13H21N5/c1-5-6-18-9-12(8-15-18)7-14-13-10(2)16-17(4)11(13)3/h8-9,14H,5-7H2,1-4H3. The summed E-state index contributed by atoms with van der Waals surface area (Å²) in [6, 6.07) is 0. The first-order valence-corrected chi connectivity index (χ1v) is 6.37. The summed E-state index contributed by atoms with van der Waals surface area (Å²) in [6.07, 6.45) is 5.12. The minimum Gasteiger partial charge on any atom is -0.378 e. The van der Waals surface area contributed by atoms with E-state index in [1.807, 2.05) is 29.5 Å². The lowest BCUT2D eigenvalue weighted by molar-refractivity contribution is 0.602. The molecular formula is C13H21N5. The highest BCUT2D eigenvalue weighted by Gasteiger charge is 2.08. The molecule has 5 nitrogen and oxygen atoms in total. The third kappa shape index (κ3) is 2.55. The van der Waals surface area contributed by atoms with Crippen molar-refractivity contribution in [3.63, 3.8) is 0 Å². The molecule has 2 aromatic rings. The lowest BCUT2D eigenvalue weighted by Gasteiger charge is -2.04. The Kier molecular flexibility index (Phi) is 3.69. The summed E-state index contributed by atoms with van der Waals surface area (Å²) in [5.41, 5.74) is 4.52. The molecule has 0 saturated carbocycles. The Bertz CT molecular complexity index is 523. The number of nitrogens with zero attached hydrogens (tertiary/aromatic N) is 4. The monoisotopic (exact) mass is 247 g/mol. The Morgan fingerprint density at radius 1 is 1.33 bits per heavy atom. The molecule has 1 N–H and O–H groups in total. The summed E-state index contributed by atoms with van der Waals surface area (Å²) in [4.78, 5) is 0. The average Bonchev–Trinajstić information content (AvgIpc) is 2.85. The van der Waals surface area contributed by atoms with Crippen molar-refractivity contribution in [2.75, 3.05) is 5.32 Å². The zero-order valence-corrected chi connectivity index (χ0v) is 11.6. The molecule has 0 bridgehead atoms. The van der Waals surface area contributed by atoms with Gasteiger partial charge in [-0.2, -0.15) is 10.2 Å². The second-order valence-corrected chi connectivity index (χ2v) is 4.63. The molecule has 0 saturated heterocycles. The van der Waals surface area contributed by atoms with Crippen molar-refractivity contribution in [2.24, 2.45) is 7.05 Å². The van der Waals surface area contributed by atoms with Crippen molar-refractivity contribution in [2.45, 2.75) is 40.3 Å². The molecular weight excluding hydrogens is 226 g/mol. The number of aromatic nitrogens is 4. The molecule has 0 unspecified atom stereocenters. The van der Waals surface area contributed by atoms with E-state index in [1.165, 1.54) is 5.56 Å². The summed E-state index contributed by atoms with van der Waals surface area (Å²) in [6.45, 7) is 8.02. The summed E-state index contributed by atoms with van der Waals surface area (Å²) in [7, 11) is 1.97. The normalized spacial score (nSPS) is 10.9. The van der Waals surface area contributed by atoms with Gasteiger partial charge in [0.25, 0.3) is 0 Å². The predicted octanol–water partition coefficient (Wildman–Crippen LogP) is 2.26. The van der Waals surface area contributed by atoms with Crippen molar-refractivity contribution < 1.29 is 0 Å². The molecule has 0 atom stereocenters. The molecule has 5 heteroatoms. The van der Waals surface area contributed by atoms with Gasteiger partial charge in [-0.05, 0) is 20.3 Å². The maximum atomic E-state index is 4.39. The van der Waals surface area contributed by atoms with E-state index >= 15 is 0 Å². The Morgan fingerprint density at radius 2 is 2.11 bits per heavy atom. The van der Waals surface area contributed by atoms with Crippen LogP contribution in [0.5, 0.6) is 0 Å². The van der Waals surface area contributed by atoms with Crippen LogP contribution in [0, 0.1) is 13.8 Å². The molecule has 2 rings (SSSR count). The number of aryl methyl sites for hydroxylation is 3. The van der Waals surface area contributed by atoms with Crippen LogP contribution in [0.25, 0.3) is 0 Å². The molecule has 0 spiro atoms. The fraction of sp³-hybridized carbons (Fsp3) is 0.538. The largest absolute Gasteiger partial charge is 0.378 e. The van der Waals surface area contributed by atoms with E-state index in [9.17, 15) is 0 Å². The van der Waals surface area contributed by atoms with Crippen LogP contribution in [-0.4, -0.2) is 19.6 Å². The quantitative estimate of drug-likeness (QED) is 0.881. The van der Waals surface area contributed by atoms with E-state index in [2.05, 4.69) is 35.6 Å². The van der Waals surface area contributed by atoms with Crippen molar-refractivity contribution in [1.82, 2.24) is 19.6 Å². The lowest BCUT2D eigenvalue weighted by Crippen LogP contribution is -2.01. The van der Waals surface area contributed by atoms with Crippen LogP contribution in [-0.2, 0) is 20.1 Å². The highest BCUT2D eigenvalue weighted by molar-refractivity contribution is 5.52. The van der Waals surface area contributed by atoms with E-state index in [4.69, 9.17) is 0 Å². The van der Waals surface area contributed by atoms with E-state index in [-0.39, 0.29) is 0 Å². The number of anilines is 1. The van der Waals surface area contributed by atoms with Gasteiger partial charge in [0, 0.05) is 31.9 Å². The van der Waals surface area contributed by atoms with Crippen LogP contribution in [0.2, 0.25) is 0 Å². The Labute approximate surface area is 108 Å². The Morgan fingerprint density at radius 3 is 2.72 bits per heavy atom. The van der Waals surface area contributed by atoms with Crippen molar-refractivity contribution in [3.05, 3.63) is 29.3 Å². The van der Waals surface area contributed by atoms with E-state index in [0.29, 0.717) is 0 Å². The molecule has 98 valence electrons. The molecule has 0 radical (unpaired) electrons. The first-order valence-electron chi connectivity index (χ1n) is 6.37. The van der Waals surface area contributed by atoms with Gasteiger partial charge < -0.3 is 5.32 Å². The molecule has 0 aliphatic rings. The smallest absolute Gasteiger partial charge is 0.0827 e. The topological polar surface area (TPSA) is 47.7 Å². The van der Waals surface area contributed by atoms with Gasteiger partial charge in [-0.1, -0.05) is 6.92 Å². The molecule has 0 amide bonds. The van der Waals surface area contributed by atoms with Crippen molar-refractivity contribution in [1.29, 1.82) is 0 Å². The third-order valence-corrected chi connectivity index (χ3v) is 3.12. The number of hydrogen-bond acceptors (Lipinski definition) is 3. The van der Waals surface area contributed by atoms with Crippen LogP contribution in [0.1, 0.15) is 30.3 Å². The zero-order chi connectivity index (χ0) is 13.1. The Balaban J connectivity index is 2.02. The van der Waals surface area contributed by atoms with Gasteiger partial charge in [-0.15, -0.1) is 0 Å². The van der Waals surface area contributed by atoms with E-state index in [1.54, 1.807) is 0 Å². The third-order valence-electron chi connectivity index (χ3n) is 3.12. The van der Waals surface area contributed by atoms with Crippen LogP contribution >= 0.6 is 0 Å². The van der Waals surface area contributed by atoms with Crippen molar-refractivity contribution in [3.8, 4) is 0 Å². The summed E-state index contributed by atoms with van der Waals surface area (Å²) >= 11 is 0. The van der Waals surface area contributed by atoms with Gasteiger partial charge in [0.05, 0.1) is 23.3 Å². The summed E-state index contributed by atoms with van der Waals surface area (Å²) in [5, 5.41) is 12.2. The van der Waals surface area contributed by atoms with Crippen molar-refractivity contribution >= 4 is 5.69 Å². The molecule has 0 fully saturated rings. The maximum absolute atomic E-state index is 4.39. The van der Waals surface area contributed by atoms with Gasteiger partial charge in [0.15, 0.2) is 0 Å². The SMILES string of the molecule is CCCn1cc(CNc2c(C)nn(C)c2C)cn1. The van der Waals surface area contributed by atoms with Gasteiger partial charge in [0.1, 0.15) is 0 Å². The highest BCUT2D eigenvalue weighted by atomic mass is 15.3. The summed E-state index contributed by atoms with van der Waals surface area (Å²) < 4.78 is 3.89. The highest BCUT2D eigenvalue weighted by Crippen LogP contribution is 2.19. The van der Waals surface area contributed by atoms with Gasteiger partial charge in [-0.3, -0.25) is 9.36 Å². The molecule has 2 aromatic heterocycles. The second-order valence-electron chi connectivity index (χ2n) is 4.63. The fourth-order valence-corrected chi connectivity index (χ4v) is 2.07. The number of nitrogens with one attached hydrogen (secondary N) is 1. The summed E-state index contributed by atoms with van der Waals surface area (Å²) in [5.74, 6) is 0. The molecule has 0 aromatic carbocycles. The fourth-order valence-electron chi connectivity index (χ4n) is 2.07. The molecule has 0 aliphatic carbocycles. The van der Waals surface area contributed by atoms with Gasteiger partial charge in [0.2, 0.25) is 0 Å². The van der Waals surface area contributed by atoms with Gasteiger partial charge in [-0.25, -0.2) is 0 Å². The minimum atomic E-state index is 0.789. The van der Waals surface area contributed by atoms with Crippen LogP contribution in [0.4, 0.5) is 5.69 Å². The second kappa shape index (κ2) is 5.25. The zero-order valence-electron chi connectivity index (χ0n) is 11.6. The number of rotatable bonds is 5. The van der Waals surface area contributed by atoms with Crippen LogP contribution in [0.3, 0.4) is 0 Å². The van der Waals surface area contributed by atoms with Crippen LogP contribution < -0.4 is 5.32 Å². The first-order chi connectivity index (χ1) is 8.61. The van der Waals surface area contributed by atoms with E-state index in [0.717, 1.165) is 36.6 Å².